The van der Waals surface area contributed by atoms with E-state index in [1.807, 2.05) is 6.07 Å². The lowest BCUT2D eigenvalue weighted by Gasteiger charge is -2.26. The van der Waals surface area contributed by atoms with Crippen molar-refractivity contribution in [3.8, 4) is 11.5 Å². The lowest BCUT2D eigenvalue weighted by atomic mass is 10.2. The van der Waals surface area contributed by atoms with Crippen molar-refractivity contribution in [2.24, 2.45) is 0 Å². The van der Waals surface area contributed by atoms with Crippen LogP contribution in [0.3, 0.4) is 0 Å². The molecule has 1 amide bonds. The summed E-state index contributed by atoms with van der Waals surface area (Å²) in [6, 6.07) is 13.0. The molecule has 0 atom stereocenters. The molecule has 0 radical (unpaired) electrons. The molecule has 2 aromatic carbocycles. The first-order chi connectivity index (χ1) is 17.8. The lowest BCUT2D eigenvalue weighted by Crippen LogP contribution is -2.47. The zero-order chi connectivity index (χ0) is 28.1. The van der Waals surface area contributed by atoms with Crippen LogP contribution in [0.15, 0.2) is 57.7 Å². The van der Waals surface area contributed by atoms with Crippen LogP contribution in [0.1, 0.15) is 26.3 Å². The van der Waals surface area contributed by atoms with Gasteiger partial charge in [0, 0.05) is 11.5 Å². The second-order valence-electron chi connectivity index (χ2n) is 8.93. The van der Waals surface area contributed by atoms with Gasteiger partial charge in [-0.05, 0) is 38.5 Å². The monoisotopic (exact) mass is 548 g/mol. The molecule has 12 nitrogen and oxygen atoms in total. The number of carbonyl (C=O) groups is 2. The molecule has 0 aliphatic carbocycles. The fourth-order valence-corrected chi connectivity index (χ4v) is 4.29. The summed E-state index contributed by atoms with van der Waals surface area (Å²) >= 11 is 0. The highest BCUT2D eigenvalue weighted by molar-refractivity contribution is 7.91. The van der Waals surface area contributed by atoms with Gasteiger partial charge in [0.25, 0.3) is 0 Å². The minimum atomic E-state index is -4.75. The highest BCUT2D eigenvalue weighted by Crippen LogP contribution is 2.36. The summed E-state index contributed by atoms with van der Waals surface area (Å²) < 4.78 is 55.1. The van der Waals surface area contributed by atoms with Gasteiger partial charge in [-0.2, -0.15) is 8.42 Å². The summed E-state index contributed by atoms with van der Waals surface area (Å²) in [6.45, 7) is 3.86. The third kappa shape index (κ3) is 7.16. The van der Waals surface area contributed by atoms with Crippen molar-refractivity contribution in [2.75, 3.05) is 25.1 Å². The Morgan fingerprint density at radius 1 is 1.03 bits per heavy atom. The highest BCUT2D eigenvalue weighted by atomic mass is 32.2. The number of nitrogens with zero attached hydrogens (tertiary/aromatic N) is 1. The maximum absolute atomic E-state index is 13.4. The minimum absolute atomic E-state index is 0.00530. The van der Waals surface area contributed by atoms with Gasteiger partial charge in [-0.3, -0.25) is 4.79 Å². The maximum atomic E-state index is 13.4. The van der Waals surface area contributed by atoms with Crippen molar-refractivity contribution in [1.82, 2.24) is 4.72 Å². The summed E-state index contributed by atoms with van der Waals surface area (Å²) in [5.74, 6) is -1.12. The average molecular weight is 549 g/mol. The van der Waals surface area contributed by atoms with Gasteiger partial charge >= 0.3 is 27.9 Å². The summed E-state index contributed by atoms with van der Waals surface area (Å²) in [4.78, 5) is 36.8. The topological polar surface area (TPSA) is 151 Å². The van der Waals surface area contributed by atoms with Crippen molar-refractivity contribution in [2.45, 2.75) is 33.0 Å². The van der Waals surface area contributed by atoms with Crippen LogP contribution in [-0.2, 0) is 31.1 Å². The highest BCUT2D eigenvalue weighted by Gasteiger charge is 2.32. The first-order valence-electron chi connectivity index (χ1n) is 11.3. The van der Waals surface area contributed by atoms with E-state index in [2.05, 4.69) is 4.74 Å². The van der Waals surface area contributed by atoms with Crippen LogP contribution >= 0.6 is 0 Å². The van der Waals surface area contributed by atoms with E-state index in [-0.39, 0.29) is 34.8 Å². The van der Waals surface area contributed by atoms with Crippen LogP contribution in [-0.4, -0.2) is 46.8 Å². The van der Waals surface area contributed by atoms with Crippen LogP contribution in [0.4, 0.5) is 10.5 Å². The predicted molar refractivity (Wildman–Crippen MR) is 137 cm³/mol. The number of hydrogen-bond acceptors (Lipinski definition) is 10. The third-order valence-corrected chi connectivity index (χ3v) is 6.24. The largest absolute Gasteiger partial charge is 0.490 e. The molecule has 1 aromatic heterocycles. The van der Waals surface area contributed by atoms with E-state index in [0.717, 1.165) is 12.7 Å². The number of nitrogens with one attached hydrogen (secondary N) is 1. The molecule has 0 saturated heterocycles. The van der Waals surface area contributed by atoms with E-state index in [0.29, 0.717) is 4.31 Å². The van der Waals surface area contributed by atoms with Gasteiger partial charge in [0.1, 0.15) is 30.1 Å². The summed E-state index contributed by atoms with van der Waals surface area (Å²) in [5.41, 5.74) is -1.08. The van der Waals surface area contributed by atoms with Crippen LogP contribution in [0.25, 0.3) is 11.0 Å². The van der Waals surface area contributed by atoms with E-state index < -0.39 is 40.0 Å². The smallest absolute Gasteiger partial charge is 0.422 e. The van der Waals surface area contributed by atoms with E-state index in [1.165, 1.54) is 25.3 Å². The van der Waals surface area contributed by atoms with Gasteiger partial charge in [-0.25, -0.2) is 18.6 Å². The Labute approximate surface area is 219 Å². The first-order valence-corrected chi connectivity index (χ1v) is 12.7. The standard InChI is InChI=1S/C25H28N2O10S/c1-25(2,3)37-24(30)26-38(31,32)27(14-22(28)34-5)18-11-17-12-21(33-4)23(29)36-19(17)13-20(18)35-15-16-9-7-6-8-10-16/h6-13H,14-15H2,1-5H3,(H,26,30). The van der Waals surface area contributed by atoms with Crippen molar-refractivity contribution in [3.63, 3.8) is 0 Å². The summed E-state index contributed by atoms with van der Waals surface area (Å²) in [7, 11) is -2.39. The maximum Gasteiger partial charge on any atom is 0.422 e. The molecular formula is C25H28N2O10S. The van der Waals surface area contributed by atoms with Crippen molar-refractivity contribution >= 4 is 38.9 Å². The number of benzene rings is 2. The fourth-order valence-electron chi connectivity index (χ4n) is 3.25. The number of carbonyl (C=O) groups excluding carboxylic acids is 2. The van der Waals surface area contributed by atoms with Gasteiger partial charge in [-0.15, -0.1) is 0 Å². The summed E-state index contributed by atoms with van der Waals surface area (Å²) in [5, 5.41) is 0.255. The van der Waals surface area contributed by atoms with Gasteiger partial charge in [0.15, 0.2) is 0 Å². The van der Waals surface area contributed by atoms with Gasteiger partial charge in [0.2, 0.25) is 5.75 Å². The molecule has 1 N–H and O–H groups in total. The molecule has 13 heteroatoms. The molecule has 0 aliphatic rings. The van der Waals surface area contributed by atoms with Gasteiger partial charge < -0.3 is 23.4 Å². The second kappa shape index (κ2) is 11.4. The zero-order valence-electron chi connectivity index (χ0n) is 21.5. The van der Waals surface area contributed by atoms with E-state index in [9.17, 15) is 22.8 Å². The predicted octanol–water partition coefficient (Wildman–Crippen LogP) is 3.13. The number of fused-ring (bicyclic) bond motifs is 1. The molecule has 0 fully saturated rings. The Kier molecular flexibility index (Phi) is 8.51. The molecule has 0 aliphatic heterocycles. The molecular weight excluding hydrogens is 520 g/mol. The Morgan fingerprint density at radius 3 is 2.32 bits per heavy atom. The molecule has 0 spiro atoms. The third-order valence-electron chi connectivity index (χ3n) is 4.91. The van der Waals surface area contributed by atoms with Gasteiger partial charge in [0.05, 0.1) is 19.9 Å². The lowest BCUT2D eigenvalue weighted by molar-refractivity contribution is -0.138. The normalized spacial score (nSPS) is 11.5. The Hall–Kier alpha value is -4.26. The number of ether oxygens (including phenoxy) is 4. The van der Waals surface area contributed by atoms with E-state index in [1.54, 1.807) is 49.8 Å². The number of methoxy groups -OCH3 is 2. The van der Waals surface area contributed by atoms with Gasteiger partial charge in [-0.1, -0.05) is 30.3 Å². The number of rotatable bonds is 9. The molecule has 0 saturated carbocycles. The van der Waals surface area contributed by atoms with E-state index >= 15 is 0 Å². The van der Waals surface area contributed by atoms with E-state index in [4.69, 9.17) is 18.6 Å². The Balaban J connectivity index is 2.16. The van der Waals surface area contributed by atoms with Crippen molar-refractivity contribution in [1.29, 1.82) is 0 Å². The SMILES string of the molecule is COC(=O)CN(c1cc2cc(OC)c(=O)oc2cc1OCc1ccccc1)S(=O)(=O)NC(=O)OC(C)(C)C. The minimum Gasteiger partial charge on any atom is -0.490 e. The van der Waals surface area contributed by atoms with Crippen LogP contribution in [0.5, 0.6) is 11.5 Å². The number of anilines is 1. The molecule has 1 heterocycles. The Bertz CT molecular complexity index is 1480. The molecule has 204 valence electrons. The summed E-state index contributed by atoms with van der Waals surface area (Å²) in [6.07, 6.45) is -1.26. The molecule has 3 aromatic rings. The number of hydrogen-bond donors (Lipinski definition) is 1. The second-order valence-corrected chi connectivity index (χ2v) is 10.5. The molecule has 0 bridgehead atoms. The number of amides is 1. The van der Waals surface area contributed by atoms with Crippen LogP contribution in [0, 0.1) is 0 Å². The van der Waals surface area contributed by atoms with Crippen LogP contribution < -0.4 is 24.1 Å². The first kappa shape index (κ1) is 28.3. The fraction of sp³-hybridized carbons (Fsp3) is 0.320. The van der Waals surface area contributed by atoms with Crippen molar-refractivity contribution in [3.05, 3.63) is 64.5 Å². The zero-order valence-corrected chi connectivity index (χ0v) is 22.3. The average Bonchev–Trinajstić information content (AvgIpc) is 2.84. The van der Waals surface area contributed by atoms with Crippen molar-refractivity contribution < 1.29 is 41.4 Å². The number of esters is 1. The quantitative estimate of drug-likeness (QED) is 0.312. The molecule has 3 rings (SSSR count). The van der Waals surface area contributed by atoms with Crippen LogP contribution in [0.2, 0.25) is 0 Å². The molecule has 38 heavy (non-hydrogen) atoms. The Morgan fingerprint density at radius 2 is 1.71 bits per heavy atom. The molecule has 0 unspecified atom stereocenters.